The average molecular weight is 350 g/mol. The van der Waals surface area contributed by atoms with E-state index in [0.29, 0.717) is 17.7 Å². The van der Waals surface area contributed by atoms with E-state index in [1.54, 1.807) is 32.4 Å². The largest absolute Gasteiger partial charge is 0.352 e. The molecule has 0 bridgehead atoms. The number of hydrogen-bond acceptors (Lipinski definition) is 4. The van der Waals surface area contributed by atoms with E-state index in [1.165, 1.54) is 13.1 Å². The summed E-state index contributed by atoms with van der Waals surface area (Å²) in [7, 11) is -2.25. The van der Waals surface area contributed by atoms with Crippen LogP contribution in [0.15, 0.2) is 35.7 Å². The topological polar surface area (TPSA) is 93.1 Å². The fraction of sp³-hybridized carbons (Fsp3) is 0.375. The first kappa shape index (κ1) is 18.2. The Balaban J connectivity index is 2.06. The lowest BCUT2D eigenvalue weighted by Gasteiger charge is -2.12. The van der Waals surface area contributed by atoms with Gasteiger partial charge in [0.2, 0.25) is 10.0 Å². The number of carbonyl (C=O) groups is 1. The van der Waals surface area contributed by atoms with Gasteiger partial charge >= 0.3 is 0 Å². The third kappa shape index (κ3) is 4.21. The number of hydrogen-bond donors (Lipinski definition) is 2. The molecule has 24 heavy (non-hydrogen) atoms. The van der Waals surface area contributed by atoms with E-state index in [2.05, 4.69) is 15.0 Å². The van der Waals surface area contributed by atoms with Gasteiger partial charge in [-0.2, -0.15) is 0 Å². The highest BCUT2D eigenvalue weighted by Crippen LogP contribution is 2.21. The minimum absolute atomic E-state index is 0.133. The summed E-state index contributed by atoms with van der Waals surface area (Å²) in [5, 5.41) is 2.82. The molecular weight excluding hydrogens is 328 g/mol. The lowest BCUT2D eigenvalue weighted by molar-refractivity contribution is 0.0952. The lowest BCUT2D eigenvalue weighted by Crippen LogP contribution is -2.26. The molecule has 0 saturated carbocycles. The Bertz CT molecular complexity index is 814. The summed E-state index contributed by atoms with van der Waals surface area (Å²) in [5.41, 5.74) is 1.74. The first-order valence-corrected chi connectivity index (χ1v) is 9.12. The molecule has 0 aliphatic carbocycles. The fourth-order valence-electron chi connectivity index (χ4n) is 2.33. The first-order valence-electron chi connectivity index (χ1n) is 7.64. The highest BCUT2D eigenvalue weighted by atomic mass is 32.2. The van der Waals surface area contributed by atoms with Gasteiger partial charge in [0.05, 0.1) is 11.2 Å². The molecule has 0 aliphatic rings. The van der Waals surface area contributed by atoms with Gasteiger partial charge in [0.15, 0.2) is 0 Å². The molecule has 7 nitrogen and oxygen atoms in total. The summed E-state index contributed by atoms with van der Waals surface area (Å²) in [6.07, 6.45) is 6.05. The molecule has 1 amide bonds. The maximum Gasteiger partial charge on any atom is 0.251 e. The summed E-state index contributed by atoms with van der Waals surface area (Å²) in [6, 6.07) is 3.12. The minimum atomic E-state index is -3.60. The molecule has 0 unspecified atom stereocenters. The van der Waals surface area contributed by atoms with Crippen molar-refractivity contribution in [1.82, 2.24) is 19.6 Å². The third-order valence-corrected chi connectivity index (χ3v) is 5.42. The van der Waals surface area contributed by atoms with Crippen LogP contribution in [0.2, 0.25) is 0 Å². The fourth-order valence-corrected chi connectivity index (χ4v) is 3.40. The smallest absolute Gasteiger partial charge is 0.251 e. The van der Waals surface area contributed by atoms with Crippen molar-refractivity contribution in [2.24, 2.45) is 0 Å². The molecule has 1 aromatic heterocycles. The zero-order valence-electron chi connectivity index (χ0n) is 14.0. The van der Waals surface area contributed by atoms with Crippen molar-refractivity contribution in [3.05, 3.63) is 47.5 Å². The van der Waals surface area contributed by atoms with E-state index in [4.69, 9.17) is 0 Å². The van der Waals surface area contributed by atoms with Gasteiger partial charge in [-0.15, -0.1) is 0 Å². The van der Waals surface area contributed by atoms with Gasteiger partial charge in [-0.25, -0.2) is 18.1 Å². The normalized spacial score (nSPS) is 11.5. The van der Waals surface area contributed by atoms with Gasteiger partial charge in [0.25, 0.3) is 5.91 Å². The molecule has 8 heteroatoms. The molecule has 0 radical (unpaired) electrons. The third-order valence-electron chi connectivity index (χ3n) is 3.88. The van der Waals surface area contributed by atoms with E-state index < -0.39 is 10.0 Å². The summed E-state index contributed by atoms with van der Waals surface area (Å²) in [5.74, 6) is -0.281. The highest BCUT2D eigenvalue weighted by molar-refractivity contribution is 7.89. The Kier molecular flexibility index (Phi) is 5.74. The van der Waals surface area contributed by atoms with Crippen LogP contribution in [0, 0.1) is 13.8 Å². The molecule has 2 N–H and O–H groups in total. The number of imidazole rings is 1. The predicted molar refractivity (Wildman–Crippen MR) is 91.3 cm³/mol. The molecule has 0 saturated heterocycles. The van der Waals surface area contributed by atoms with Gasteiger partial charge in [0.1, 0.15) is 0 Å². The van der Waals surface area contributed by atoms with Crippen LogP contribution in [-0.4, -0.2) is 37.5 Å². The van der Waals surface area contributed by atoms with Crippen molar-refractivity contribution < 1.29 is 13.2 Å². The van der Waals surface area contributed by atoms with Crippen molar-refractivity contribution in [2.45, 2.75) is 31.7 Å². The number of benzene rings is 1. The van der Waals surface area contributed by atoms with Crippen LogP contribution in [0.3, 0.4) is 0 Å². The highest BCUT2D eigenvalue weighted by Gasteiger charge is 2.19. The molecule has 0 spiro atoms. The molecular formula is C16H22N4O3S. The number of carbonyl (C=O) groups excluding carboxylic acids is 1. The second kappa shape index (κ2) is 7.59. The standard InChI is InChI=1S/C16H22N4O3S/c1-12-9-14(10-15(13(12)2)24(22,23)17-3)16(21)19-5-4-7-20-8-6-18-11-20/h6,8-11,17H,4-5,7H2,1-3H3,(H,19,21). The summed E-state index contributed by atoms with van der Waals surface area (Å²) >= 11 is 0. The molecule has 2 aromatic rings. The van der Waals surface area contributed by atoms with E-state index in [1.807, 2.05) is 10.8 Å². The molecule has 0 aliphatic heterocycles. The molecule has 1 aromatic carbocycles. The molecule has 0 fully saturated rings. The number of amides is 1. The molecule has 130 valence electrons. The van der Waals surface area contributed by atoms with Gasteiger partial charge in [-0.05, 0) is 50.6 Å². The second-order valence-corrected chi connectivity index (χ2v) is 7.39. The van der Waals surface area contributed by atoms with Crippen LogP contribution in [0.25, 0.3) is 0 Å². The Morgan fingerprint density at radius 3 is 2.67 bits per heavy atom. The van der Waals surface area contributed by atoms with E-state index in [0.717, 1.165) is 18.5 Å². The number of aryl methyl sites for hydroxylation is 2. The van der Waals surface area contributed by atoms with Crippen molar-refractivity contribution in [2.75, 3.05) is 13.6 Å². The monoisotopic (exact) mass is 350 g/mol. The number of nitrogens with zero attached hydrogens (tertiary/aromatic N) is 2. The lowest BCUT2D eigenvalue weighted by atomic mass is 10.1. The van der Waals surface area contributed by atoms with Crippen molar-refractivity contribution in [3.63, 3.8) is 0 Å². The average Bonchev–Trinajstić information content (AvgIpc) is 3.07. The van der Waals surface area contributed by atoms with E-state index >= 15 is 0 Å². The quantitative estimate of drug-likeness (QED) is 0.735. The van der Waals surface area contributed by atoms with Gasteiger partial charge < -0.3 is 9.88 Å². The van der Waals surface area contributed by atoms with Crippen LogP contribution < -0.4 is 10.0 Å². The Labute approximate surface area is 142 Å². The van der Waals surface area contributed by atoms with Gasteiger partial charge in [-0.1, -0.05) is 0 Å². The van der Waals surface area contributed by atoms with Crippen molar-refractivity contribution in [3.8, 4) is 0 Å². The number of sulfonamides is 1. The van der Waals surface area contributed by atoms with Crippen molar-refractivity contribution >= 4 is 15.9 Å². The zero-order chi connectivity index (χ0) is 17.7. The maximum atomic E-state index is 12.3. The summed E-state index contributed by atoms with van der Waals surface area (Å²) in [4.78, 5) is 16.4. The molecule has 2 rings (SSSR count). The molecule has 0 atom stereocenters. The van der Waals surface area contributed by atoms with Gasteiger partial charge in [0, 0.05) is 31.0 Å². The zero-order valence-corrected chi connectivity index (χ0v) is 14.9. The first-order chi connectivity index (χ1) is 11.3. The number of nitrogens with one attached hydrogen (secondary N) is 2. The SMILES string of the molecule is CNS(=O)(=O)c1cc(C(=O)NCCCn2ccnc2)cc(C)c1C. The van der Waals surface area contributed by atoms with Crippen LogP contribution >= 0.6 is 0 Å². The van der Waals surface area contributed by atoms with Crippen LogP contribution in [0.4, 0.5) is 0 Å². The Morgan fingerprint density at radius 1 is 1.29 bits per heavy atom. The summed E-state index contributed by atoms with van der Waals surface area (Å²) < 4.78 is 28.4. The minimum Gasteiger partial charge on any atom is -0.352 e. The second-order valence-electron chi connectivity index (χ2n) is 5.53. The Morgan fingerprint density at radius 2 is 2.04 bits per heavy atom. The van der Waals surface area contributed by atoms with Crippen LogP contribution in [0.5, 0.6) is 0 Å². The maximum absolute atomic E-state index is 12.3. The summed E-state index contributed by atoms with van der Waals surface area (Å²) in [6.45, 7) is 4.77. The Hall–Kier alpha value is -2.19. The van der Waals surface area contributed by atoms with E-state index in [-0.39, 0.29) is 10.8 Å². The van der Waals surface area contributed by atoms with Crippen LogP contribution in [0.1, 0.15) is 27.9 Å². The predicted octanol–water partition coefficient (Wildman–Crippen LogP) is 1.23. The number of rotatable bonds is 7. The molecule has 1 heterocycles. The van der Waals surface area contributed by atoms with Crippen molar-refractivity contribution in [1.29, 1.82) is 0 Å². The van der Waals surface area contributed by atoms with Gasteiger partial charge in [-0.3, -0.25) is 4.79 Å². The number of aromatic nitrogens is 2. The van der Waals surface area contributed by atoms with Crippen LogP contribution in [-0.2, 0) is 16.6 Å². The van der Waals surface area contributed by atoms with E-state index in [9.17, 15) is 13.2 Å².